The molecule has 0 aliphatic carbocycles. The highest BCUT2D eigenvalue weighted by Gasteiger charge is 2.41. The zero-order chi connectivity index (χ0) is 24.3. The van der Waals surface area contributed by atoms with Crippen LogP contribution in [0.4, 0.5) is 8.78 Å². The predicted octanol–water partition coefficient (Wildman–Crippen LogP) is 3.22. The molecular weight excluding hydrogens is 432 g/mol. The lowest BCUT2D eigenvalue weighted by Crippen LogP contribution is -2.59. The number of carbonyl (C=O) groups excluding carboxylic acids is 3. The molecule has 1 unspecified atom stereocenters. The second-order valence-electron chi connectivity index (χ2n) is 9.30. The Bertz CT molecular complexity index is 1030. The SMILES string of the molecule is CC(C)CCCC1(C)CN2C=C(C(=O)NCc3ccc(F)cc3F)CC(=O)C(O)=C2C(=O)N1. The van der Waals surface area contributed by atoms with Crippen LogP contribution in [0.15, 0.2) is 41.4 Å². The molecule has 178 valence electrons. The van der Waals surface area contributed by atoms with E-state index >= 15 is 0 Å². The summed E-state index contributed by atoms with van der Waals surface area (Å²) in [5.74, 6) is -3.69. The average Bonchev–Trinajstić information content (AvgIpc) is 2.83. The summed E-state index contributed by atoms with van der Waals surface area (Å²) in [5, 5.41) is 15.8. The first-order valence-electron chi connectivity index (χ1n) is 11.0. The van der Waals surface area contributed by atoms with Gasteiger partial charge in [-0.05, 0) is 25.3 Å². The van der Waals surface area contributed by atoms with Gasteiger partial charge in [-0.1, -0.05) is 32.8 Å². The van der Waals surface area contributed by atoms with Crippen LogP contribution in [0.25, 0.3) is 0 Å². The number of allylic oxidation sites excluding steroid dienone is 1. The van der Waals surface area contributed by atoms with Gasteiger partial charge in [0.15, 0.2) is 11.5 Å². The van der Waals surface area contributed by atoms with Crippen molar-refractivity contribution in [2.75, 3.05) is 6.54 Å². The maximum atomic E-state index is 13.9. The molecule has 1 aromatic carbocycles. The van der Waals surface area contributed by atoms with Crippen molar-refractivity contribution in [2.45, 2.75) is 58.5 Å². The number of fused-ring (bicyclic) bond motifs is 1. The van der Waals surface area contributed by atoms with Crippen LogP contribution in [-0.4, -0.2) is 39.7 Å². The summed E-state index contributed by atoms with van der Waals surface area (Å²) < 4.78 is 27.0. The van der Waals surface area contributed by atoms with Gasteiger partial charge < -0.3 is 20.6 Å². The summed E-state index contributed by atoms with van der Waals surface area (Å²) in [6, 6.07) is 3.02. The standard InChI is InChI=1S/C24H29F2N3O4/c1-14(2)5-4-8-24(3)13-29-12-16(9-19(30)21(31)20(29)23(33)28-24)22(32)27-11-15-6-7-17(25)10-18(15)26/h6-7,10,12,14,31H,4-5,8-9,11,13H2,1-3H3,(H,27,32)(H,28,33). The highest BCUT2D eigenvalue weighted by molar-refractivity contribution is 6.09. The Labute approximate surface area is 191 Å². The quantitative estimate of drug-likeness (QED) is 0.579. The molecule has 0 radical (unpaired) electrons. The Kier molecular flexibility index (Phi) is 7.19. The van der Waals surface area contributed by atoms with Crippen LogP contribution >= 0.6 is 0 Å². The van der Waals surface area contributed by atoms with Crippen molar-refractivity contribution in [3.63, 3.8) is 0 Å². The van der Waals surface area contributed by atoms with E-state index in [0.29, 0.717) is 12.3 Å². The number of halogens is 2. The fourth-order valence-electron chi connectivity index (χ4n) is 4.07. The number of benzene rings is 1. The second-order valence-corrected chi connectivity index (χ2v) is 9.30. The van der Waals surface area contributed by atoms with Gasteiger partial charge in [-0.15, -0.1) is 0 Å². The number of ketones is 1. The molecule has 2 amide bonds. The average molecular weight is 462 g/mol. The summed E-state index contributed by atoms with van der Waals surface area (Å²) in [5.41, 5.74) is -0.683. The minimum atomic E-state index is -0.798. The van der Waals surface area contributed by atoms with Crippen LogP contribution in [-0.2, 0) is 20.9 Å². The van der Waals surface area contributed by atoms with Crippen molar-refractivity contribution < 1.29 is 28.3 Å². The van der Waals surface area contributed by atoms with Gasteiger partial charge in [0.2, 0.25) is 11.7 Å². The molecule has 1 aromatic rings. The molecule has 9 heteroatoms. The molecule has 2 heterocycles. The Morgan fingerprint density at radius 2 is 2.03 bits per heavy atom. The van der Waals surface area contributed by atoms with E-state index in [1.165, 1.54) is 17.2 Å². The summed E-state index contributed by atoms with van der Waals surface area (Å²) in [6.07, 6.45) is 3.54. The topological polar surface area (TPSA) is 98.7 Å². The number of aliphatic hydroxyl groups excluding tert-OH is 1. The van der Waals surface area contributed by atoms with E-state index < -0.39 is 47.0 Å². The number of nitrogens with zero attached hydrogens (tertiary/aromatic N) is 1. The molecule has 0 saturated carbocycles. The molecule has 3 N–H and O–H groups in total. The molecule has 3 rings (SSSR count). The molecule has 1 atom stereocenters. The minimum absolute atomic E-state index is 0.0308. The number of carbonyl (C=O) groups is 3. The molecule has 1 fully saturated rings. The zero-order valence-corrected chi connectivity index (χ0v) is 19.0. The third-order valence-corrected chi connectivity index (χ3v) is 5.84. The lowest BCUT2D eigenvalue weighted by Gasteiger charge is -2.41. The van der Waals surface area contributed by atoms with Crippen LogP contribution in [0.3, 0.4) is 0 Å². The van der Waals surface area contributed by atoms with Gasteiger partial charge >= 0.3 is 0 Å². The van der Waals surface area contributed by atoms with E-state index in [-0.39, 0.29) is 29.9 Å². The molecular formula is C24H29F2N3O4. The van der Waals surface area contributed by atoms with Crippen LogP contribution in [0.2, 0.25) is 0 Å². The predicted molar refractivity (Wildman–Crippen MR) is 118 cm³/mol. The number of hydrogen-bond acceptors (Lipinski definition) is 5. The normalized spacial score (nSPS) is 20.9. The zero-order valence-electron chi connectivity index (χ0n) is 19.0. The fraction of sp³-hybridized carbons (Fsp3) is 0.458. The van der Waals surface area contributed by atoms with Crippen LogP contribution in [0.5, 0.6) is 0 Å². The number of hydrogen-bond donors (Lipinski definition) is 3. The van der Waals surface area contributed by atoms with Crippen molar-refractivity contribution in [1.82, 2.24) is 15.5 Å². The molecule has 1 saturated heterocycles. The lowest BCUT2D eigenvalue weighted by atomic mass is 9.89. The fourth-order valence-corrected chi connectivity index (χ4v) is 4.07. The highest BCUT2D eigenvalue weighted by Crippen LogP contribution is 2.30. The van der Waals surface area contributed by atoms with Crippen LogP contribution in [0.1, 0.15) is 52.0 Å². The summed E-state index contributed by atoms with van der Waals surface area (Å²) in [6.45, 7) is 6.18. The third-order valence-electron chi connectivity index (χ3n) is 5.84. The Morgan fingerprint density at radius 3 is 2.70 bits per heavy atom. The third kappa shape index (κ3) is 5.77. The summed E-state index contributed by atoms with van der Waals surface area (Å²) >= 11 is 0. The van der Waals surface area contributed by atoms with Crippen molar-refractivity contribution in [3.8, 4) is 0 Å². The van der Waals surface area contributed by atoms with Crippen molar-refractivity contribution in [2.24, 2.45) is 5.92 Å². The molecule has 33 heavy (non-hydrogen) atoms. The lowest BCUT2D eigenvalue weighted by molar-refractivity contribution is -0.124. The van der Waals surface area contributed by atoms with Crippen molar-refractivity contribution in [3.05, 3.63) is 58.6 Å². The molecule has 7 nitrogen and oxygen atoms in total. The van der Waals surface area contributed by atoms with E-state index in [1.807, 2.05) is 6.92 Å². The Balaban J connectivity index is 1.80. The monoisotopic (exact) mass is 461 g/mol. The molecule has 2 aliphatic heterocycles. The van der Waals surface area contributed by atoms with E-state index in [4.69, 9.17) is 0 Å². The van der Waals surface area contributed by atoms with E-state index in [2.05, 4.69) is 24.5 Å². The molecule has 0 aromatic heterocycles. The first-order valence-corrected chi connectivity index (χ1v) is 11.0. The van der Waals surface area contributed by atoms with Gasteiger partial charge in [-0.25, -0.2) is 8.78 Å². The van der Waals surface area contributed by atoms with Crippen LogP contribution < -0.4 is 10.6 Å². The van der Waals surface area contributed by atoms with E-state index in [0.717, 1.165) is 25.0 Å². The van der Waals surface area contributed by atoms with Gasteiger partial charge in [-0.2, -0.15) is 0 Å². The first kappa shape index (κ1) is 24.4. The molecule has 0 bridgehead atoms. The smallest absolute Gasteiger partial charge is 0.272 e. The maximum Gasteiger partial charge on any atom is 0.272 e. The molecule has 2 aliphatic rings. The van der Waals surface area contributed by atoms with Gasteiger partial charge in [0.05, 0.1) is 5.54 Å². The number of amides is 2. The van der Waals surface area contributed by atoms with Gasteiger partial charge in [0, 0.05) is 42.9 Å². The van der Waals surface area contributed by atoms with Crippen molar-refractivity contribution >= 4 is 17.6 Å². The Morgan fingerprint density at radius 1 is 1.30 bits per heavy atom. The number of Topliss-reactive ketones (excluding diaryl/α,β-unsaturated/α-hetero) is 1. The maximum absolute atomic E-state index is 13.9. The van der Waals surface area contributed by atoms with E-state index in [1.54, 1.807) is 0 Å². The van der Waals surface area contributed by atoms with Gasteiger partial charge in [-0.3, -0.25) is 14.4 Å². The number of aliphatic hydroxyl groups is 1. The largest absolute Gasteiger partial charge is 0.503 e. The summed E-state index contributed by atoms with van der Waals surface area (Å²) in [7, 11) is 0. The molecule has 0 spiro atoms. The first-order chi connectivity index (χ1) is 15.5. The Hall–Kier alpha value is -3.23. The minimum Gasteiger partial charge on any atom is -0.503 e. The highest BCUT2D eigenvalue weighted by atomic mass is 19.1. The second kappa shape index (κ2) is 9.72. The summed E-state index contributed by atoms with van der Waals surface area (Å²) in [4.78, 5) is 39.5. The van der Waals surface area contributed by atoms with Crippen molar-refractivity contribution in [1.29, 1.82) is 0 Å². The van der Waals surface area contributed by atoms with E-state index in [9.17, 15) is 28.3 Å². The van der Waals surface area contributed by atoms with Gasteiger partial charge in [0.25, 0.3) is 5.91 Å². The number of rotatable bonds is 7. The van der Waals surface area contributed by atoms with Crippen LogP contribution in [0, 0.1) is 17.6 Å². The number of piperazine rings is 1. The number of nitrogens with one attached hydrogen (secondary N) is 2. The van der Waals surface area contributed by atoms with Gasteiger partial charge in [0.1, 0.15) is 11.6 Å².